The summed E-state index contributed by atoms with van der Waals surface area (Å²) >= 11 is 7.03. The van der Waals surface area contributed by atoms with Gasteiger partial charge in [0.15, 0.2) is 5.11 Å². The van der Waals surface area contributed by atoms with Crippen molar-refractivity contribution in [3.05, 3.63) is 82.9 Å². The van der Waals surface area contributed by atoms with Gasteiger partial charge in [-0.1, -0.05) is 29.8 Å². The number of para-hydroxylation sites is 1. The smallest absolute Gasteiger partial charge is 0.257 e. The Kier molecular flexibility index (Phi) is 5.61. The zero-order valence-electron chi connectivity index (χ0n) is 16.9. The molecule has 4 nitrogen and oxygen atoms in total. The summed E-state index contributed by atoms with van der Waals surface area (Å²) in [6.45, 7) is 5.93. The summed E-state index contributed by atoms with van der Waals surface area (Å²) < 4.78 is 1.17. The maximum atomic E-state index is 12.5. The molecule has 1 amide bonds. The first-order valence-electron chi connectivity index (χ1n) is 9.57. The van der Waals surface area contributed by atoms with Crippen LogP contribution in [0.25, 0.3) is 20.8 Å². The number of thiocarbonyl (C=S) groups is 1. The lowest BCUT2D eigenvalue weighted by Crippen LogP contribution is -2.34. The number of thiazole rings is 1. The van der Waals surface area contributed by atoms with Crippen LogP contribution in [-0.2, 0) is 0 Å². The van der Waals surface area contributed by atoms with Crippen LogP contribution in [0.4, 0.5) is 5.69 Å². The zero-order chi connectivity index (χ0) is 21.3. The molecule has 0 radical (unpaired) electrons. The molecule has 1 heterocycles. The normalized spacial score (nSPS) is 10.8. The maximum Gasteiger partial charge on any atom is 0.257 e. The van der Waals surface area contributed by atoms with Gasteiger partial charge in [-0.15, -0.1) is 11.3 Å². The number of carbonyl (C=O) groups is 1. The minimum Gasteiger partial charge on any atom is -0.332 e. The molecule has 0 saturated carbocycles. The third-order valence-electron chi connectivity index (χ3n) is 4.87. The predicted octanol–water partition coefficient (Wildman–Crippen LogP) is 6.02. The second-order valence-electron chi connectivity index (χ2n) is 7.24. The minimum atomic E-state index is -0.214. The van der Waals surface area contributed by atoms with Crippen LogP contribution >= 0.6 is 23.6 Å². The van der Waals surface area contributed by atoms with E-state index in [1.807, 2.05) is 69.3 Å². The molecule has 3 aromatic carbocycles. The predicted molar refractivity (Wildman–Crippen MR) is 129 cm³/mol. The fraction of sp³-hybridized carbons (Fsp3) is 0.125. The van der Waals surface area contributed by atoms with Crippen LogP contribution < -0.4 is 10.6 Å². The molecule has 2 N–H and O–H groups in total. The molecular weight excluding hydrogens is 410 g/mol. The molecule has 4 aromatic rings. The van der Waals surface area contributed by atoms with Crippen molar-refractivity contribution in [2.45, 2.75) is 20.8 Å². The molecule has 0 spiro atoms. The quantitative estimate of drug-likeness (QED) is 0.390. The number of aryl methyl sites for hydroxylation is 3. The molecule has 0 aliphatic carbocycles. The van der Waals surface area contributed by atoms with E-state index in [9.17, 15) is 4.79 Å². The molecule has 4 rings (SSSR count). The molecule has 150 valence electrons. The van der Waals surface area contributed by atoms with E-state index in [-0.39, 0.29) is 11.0 Å². The van der Waals surface area contributed by atoms with Gasteiger partial charge >= 0.3 is 0 Å². The molecule has 0 saturated heterocycles. The van der Waals surface area contributed by atoms with Gasteiger partial charge in [0, 0.05) is 16.8 Å². The lowest BCUT2D eigenvalue weighted by molar-refractivity contribution is 0.0977. The first kappa shape index (κ1) is 20.2. The van der Waals surface area contributed by atoms with Crippen molar-refractivity contribution in [2.75, 3.05) is 5.32 Å². The number of fused-ring (bicyclic) bond motifs is 1. The molecular formula is C24H21N3OS2. The SMILES string of the molecule is Cc1ccc(C(=O)NC(=S)Nc2ccc(-c3nc4ccccc4s3)cc2C)c(C)c1. The van der Waals surface area contributed by atoms with Gasteiger partial charge in [0.1, 0.15) is 5.01 Å². The number of aromatic nitrogens is 1. The summed E-state index contributed by atoms with van der Waals surface area (Å²) in [5.74, 6) is -0.214. The van der Waals surface area contributed by atoms with Crippen molar-refractivity contribution in [2.24, 2.45) is 0 Å². The molecule has 6 heteroatoms. The van der Waals surface area contributed by atoms with Gasteiger partial charge in [-0.3, -0.25) is 10.1 Å². The van der Waals surface area contributed by atoms with Gasteiger partial charge in [-0.25, -0.2) is 4.98 Å². The minimum absolute atomic E-state index is 0.214. The van der Waals surface area contributed by atoms with E-state index >= 15 is 0 Å². The second kappa shape index (κ2) is 8.34. The van der Waals surface area contributed by atoms with Crippen molar-refractivity contribution in [3.8, 4) is 10.6 Å². The highest BCUT2D eigenvalue weighted by Gasteiger charge is 2.12. The number of anilines is 1. The van der Waals surface area contributed by atoms with Crippen molar-refractivity contribution in [1.82, 2.24) is 10.3 Å². The highest BCUT2D eigenvalue weighted by atomic mass is 32.1. The summed E-state index contributed by atoms with van der Waals surface area (Å²) in [4.78, 5) is 17.3. The lowest BCUT2D eigenvalue weighted by Gasteiger charge is -2.13. The van der Waals surface area contributed by atoms with Crippen molar-refractivity contribution < 1.29 is 4.79 Å². The zero-order valence-corrected chi connectivity index (χ0v) is 18.6. The summed E-state index contributed by atoms with van der Waals surface area (Å²) in [6, 6.07) is 19.9. The standard InChI is InChI=1S/C24H21N3OS2/c1-14-8-10-18(15(2)12-14)22(28)27-24(29)26-19-11-9-17(13-16(19)3)23-25-20-6-4-5-7-21(20)30-23/h4-13H,1-3H3,(H2,26,27,28,29). The van der Waals surface area contributed by atoms with Crippen LogP contribution in [0, 0.1) is 20.8 Å². The van der Waals surface area contributed by atoms with Crippen LogP contribution in [0.5, 0.6) is 0 Å². The third-order valence-corrected chi connectivity index (χ3v) is 6.16. The number of hydrogen-bond donors (Lipinski definition) is 2. The Morgan fingerprint density at radius 1 is 0.967 bits per heavy atom. The van der Waals surface area contributed by atoms with Crippen LogP contribution in [-0.4, -0.2) is 16.0 Å². The van der Waals surface area contributed by atoms with Crippen molar-refractivity contribution in [3.63, 3.8) is 0 Å². The fourth-order valence-corrected chi connectivity index (χ4v) is 4.49. The van der Waals surface area contributed by atoms with E-state index in [0.29, 0.717) is 5.56 Å². The highest BCUT2D eigenvalue weighted by Crippen LogP contribution is 2.31. The molecule has 1 aromatic heterocycles. The number of carbonyl (C=O) groups excluding carboxylic acids is 1. The summed E-state index contributed by atoms with van der Waals surface area (Å²) in [7, 11) is 0. The Morgan fingerprint density at radius 3 is 2.50 bits per heavy atom. The number of hydrogen-bond acceptors (Lipinski definition) is 4. The summed E-state index contributed by atoms with van der Waals surface area (Å²) in [5.41, 5.74) is 6.60. The van der Waals surface area contributed by atoms with Gasteiger partial charge in [0.2, 0.25) is 0 Å². The van der Waals surface area contributed by atoms with Gasteiger partial charge < -0.3 is 5.32 Å². The molecule has 0 aliphatic heterocycles. The van der Waals surface area contributed by atoms with E-state index in [1.165, 1.54) is 4.70 Å². The lowest BCUT2D eigenvalue weighted by atomic mass is 10.1. The monoisotopic (exact) mass is 431 g/mol. The number of rotatable bonds is 3. The molecule has 0 fully saturated rings. The Labute approximate surface area is 185 Å². The molecule has 30 heavy (non-hydrogen) atoms. The average Bonchev–Trinajstić information content (AvgIpc) is 3.13. The van der Waals surface area contributed by atoms with Crippen molar-refractivity contribution >= 4 is 50.5 Å². The largest absolute Gasteiger partial charge is 0.332 e. The Hall–Kier alpha value is -3.09. The number of amides is 1. The first-order valence-corrected chi connectivity index (χ1v) is 10.8. The van der Waals surface area contributed by atoms with E-state index < -0.39 is 0 Å². The summed E-state index contributed by atoms with van der Waals surface area (Å²) in [5, 5.41) is 7.15. The van der Waals surface area contributed by atoms with Gasteiger partial charge in [0.05, 0.1) is 10.2 Å². The average molecular weight is 432 g/mol. The van der Waals surface area contributed by atoms with Crippen LogP contribution in [0.3, 0.4) is 0 Å². The Morgan fingerprint density at radius 2 is 1.77 bits per heavy atom. The Balaban J connectivity index is 1.48. The number of benzene rings is 3. The first-order chi connectivity index (χ1) is 14.4. The molecule has 0 aliphatic rings. The maximum absolute atomic E-state index is 12.5. The van der Waals surface area contributed by atoms with E-state index in [0.717, 1.165) is 38.5 Å². The Bertz CT molecular complexity index is 1240. The fourth-order valence-electron chi connectivity index (χ4n) is 3.33. The van der Waals surface area contributed by atoms with Gasteiger partial charge in [0.25, 0.3) is 5.91 Å². The molecule has 0 atom stereocenters. The molecule has 0 bridgehead atoms. The van der Waals surface area contributed by atoms with Crippen LogP contribution in [0.1, 0.15) is 27.0 Å². The number of nitrogens with zero attached hydrogens (tertiary/aromatic N) is 1. The van der Waals surface area contributed by atoms with Gasteiger partial charge in [-0.05, 0) is 80.5 Å². The van der Waals surface area contributed by atoms with E-state index in [4.69, 9.17) is 17.2 Å². The highest BCUT2D eigenvalue weighted by molar-refractivity contribution is 7.80. The van der Waals surface area contributed by atoms with Crippen LogP contribution in [0.15, 0.2) is 60.7 Å². The van der Waals surface area contributed by atoms with E-state index in [2.05, 4.69) is 22.8 Å². The van der Waals surface area contributed by atoms with Gasteiger partial charge in [-0.2, -0.15) is 0 Å². The van der Waals surface area contributed by atoms with E-state index in [1.54, 1.807) is 11.3 Å². The van der Waals surface area contributed by atoms with Crippen LogP contribution in [0.2, 0.25) is 0 Å². The molecule has 0 unspecified atom stereocenters. The number of nitrogens with one attached hydrogen (secondary N) is 2. The second-order valence-corrected chi connectivity index (χ2v) is 8.68. The van der Waals surface area contributed by atoms with Crippen molar-refractivity contribution in [1.29, 1.82) is 0 Å². The third kappa shape index (κ3) is 4.25. The summed E-state index contributed by atoms with van der Waals surface area (Å²) in [6.07, 6.45) is 0. The topological polar surface area (TPSA) is 54.0 Å².